The van der Waals surface area contributed by atoms with Gasteiger partial charge in [0.1, 0.15) is 0 Å². The second-order valence-corrected chi connectivity index (χ2v) is 9.72. The molecule has 2 aromatic rings. The highest BCUT2D eigenvalue weighted by Crippen LogP contribution is 2.29. The third-order valence-electron chi connectivity index (χ3n) is 5.30. The Hall–Kier alpha value is -2.22. The van der Waals surface area contributed by atoms with Crippen molar-refractivity contribution in [2.45, 2.75) is 25.7 Å². The summed E-state index contributed by atoms with van der Waals surface area (Å²) in [6.45, 7) is 0. The number of hydrazine groups is 2. The van der Waals surface area contributed by atoms with Gasteiger partial charge in [0, 0.05) is 19.0 Å². The smallest absolute Gasteiger partial charge is 0.270 e. The van der Waals surface area contributed by atoms with Crippen molar-refractivity contribution in [2.75, 3.05) is 0 Å². The van der Waals surface area contributed by atoms with Crippen LogP contribution in [0, 0.1) is 19.0 Å². The summed E-state index contributed by atoms with van der Waals surface area (Å²) in [5.74, 6) is -1.85. The van der Waals surface area contributed by atoms with Gasteiger partial charge in [0.2, 0.25) is 11.8 Å². The molecule has 2 aromatic carbocycles. The number of halogens is 2. The van der Waals surface area contributed by atoms with Crippen LogP contribution >= 0.6 is 45.2 Å². The van der Waals surface area contributed by atoms with E-state index in [1.807, 2.05) is 24.3 Å². The quantitative estimate of drug-likeness (QED) is 0.299. The highest BCUT2D eigenvalue weighted by atomic mass is 127. The molecular formula is C22H22I2N4O4. The van der Waals surface area contributed by atoms with Gasteiger partial charge < -0.3 is 0 Å². The third kappa shape index (κ3) is 6.40. The number of rotatable bonds is 4. The van der Waals surface area contributed by atoms with E-state index in [0.29, 0.717) is 36.8 Å². The Morgan fingerprint density at radius 2 is 0.938 bits per heavy atom. The summed E-state index contributed by atoms with van der Waals surface area (Å²) in [7, 11) is 0. The fraction of sp³-hybridized carbons (Fsp3) is 0.273. The van der Waals surface area contributed by atoms with Crippen LogP contribution in [0.3, 0.4) is 0 Å². The van der Waals surface area contributed by atoms with E-state index in [0.717, 1.165) is 7.14 Å². The average Bonchev–Trinajstić information content (AvgIpc) is 2.81. The molecule has 10 heteroatoms. The zero-order valence-corrected chi connectivity index (χ0v) is 21.3. The van der Waals surface area contributed by atoms with Gasteiger partial charge in [-0.2, -0.15) is 0 Å². The molecule has 0 aromatic heterocycles. The zero-order chi connectivity index (χ0) is 23.1. The molecule has 1 aliphatic carbocycles. The Labute approximate surface area is 212 Å². The van der Waals surface area contributed by atoms with Crippen LogP contribution in [0.1, 0.15) is 46.4 Å². The van der Waals surface area contributed by atoms with E-state index in [9.17, 15) is 19.2 Å². The first-order chi connectivity index (χ1) is 15.4. The lowest BCUT2D eigenvalue weighted by Crippen LogP contribution is -2.47. The van der Waals surface area contributed by atoms with Crippen LogP contribution in [0.4, 0.5) is 0 Å². The molecule has 0 saturated heterocycles. The van der Waals surface area contributed by atoms with Crippen LogP contribution in [0.5, 0.6) is 0 Å². The lowest BCUT2D eigenvalue weighted by molar-refractivity contribution is -0.131. The van der Waals surface area contributed by atoms with E-state index in [4.69, 9.17) is 0 Å². The molecule has 0 radical (unpaired) electrons. The number of carbonyl (C=O) groups is 4. The lowest BCUT2D eigenvalue weighted by atomic mass is 9.81. The van der Waals surface area contributed by atoms with E-state index in [2.05, 4.69) is 66.9 Å². The van der Waals surface area contributed by atoms with Crippen molar-refractivity contribution >= 4 is 68.8 Å². The maximum absolute atomic E-state index is 12.4. The molecule has 8 nitrogen and oxygen atoms in total. The largest absolute Gasteiger partial charge is 0.273 e. The van der Waals surface area contributed by atoms with Crippen molar-refractivity contribution < 1.29 is 19.2 Å². The molecule has 0 spiro atoms. The highest BCUT2D eigenvalue weighted by Gasteiger charge is 2.30. The highest BCUT2D eigenvalue weighted by molar-refractivity contribution is 14.1. The SMILES string of the molecule is O=C(NNC(=O)C1CCC(C(=O)NNC(=O)c2ccccc2I)CC1)c1ccccc1I. The zero-order valence-electron chi connectivity index (χ0n) is 17.0. The first kappa shape index (κ1) is 24.4. The van der Waals surface area contributed by atoms with E-state index in [1.165, 1.54) is 0 Å². The van der Waals surface area contributed by atoms with Gasteiger partial charge in [-0.15, -0.1) is 0 Å². The van der Waals surface area contributed by atoms with Crippen molar-refractivity contribution in [3.63, 3.8) is 0 Å². The Kier molecular flexibility index (Phi) is 8.84. The van der Waals surface area contributed by atoms with Gasteiger partial charge in [0.05, 0.1) is 11.1 Å². The third-order valence-corrected chi connectivity index (χ3v) is 7.19. The van der Waals surface area contributed by atoms with E-state index < -0.39 is 0 Å². The predicted octanol–water partition coefficient (Wildman–Crippen LogP) is 2.92. The molecule has 1 fully saturated rings. The molecule has 0 heterocycles. The molecule has 0 bridgehead atoms. The van der Waals surface area contributed by atoms with Crippen molar-refractivity contribution in [3.8, 4) is 0 Å². The molecule has 0 aliphatic heterocycles. The monoisotopic (exact) mass is 660 g/mol. The van der Waals surface area contributed by atoms with Crippen LogP contribution in [-0.2, 0) is 9.59 Å². The maximum atomic E-state index is 12.4. The van der Waals surface area contributed by atoms with Crippen LogP contribution in [0.25, 0.3) is 0 Å². The second-order valence-electron chi connectivity index (χ2n) is 7.39. The van der Waals surface area contributed by atoms with E-state index >= 15 is 0 Å². The molecule has 168 valence electrons. The summed E-state index contributed by atoms with van der Waals surface area (Å²) in [6, 6.07) is 14.2. The Morgan fingerprint density at radius 3 is 1.28 bits per heavy atom. The van der Waals surface area contributed by atoms with Crippen LogP contribution in [0.2, 0.25) is 0 Å². The van der Waals surface area contributed by atoms with Gasteiger partial charge >= 0.3 is 0 Å². The molecular weight excluding hydrogens is 638 g/mol. The van der Waals surface area contributed by atoms with Crippen molar-refractivity contribution in [2.24, 2.45) is 11.8 Å². The minimum absolute atomic E-state index is 0.268. The normalized spacial score (nSPS) is 17.7. The Morgan fingerprint density at radius 1 is 0.594 bits per heavy atom. The molecule has 0 atom stereocenters. The Bertz CT molecular complexity index is 941. The summed E-state index contributed by atoms with van der Waals surface area (Å²) >= 11 is 4.12. The minimum atomic E-state index is -0.375. The molecule has 4 amide bonds. The topological polar surface area (TPSA) is 116 Å². The van der Waals surface area contributed by atoms with Gasteiger partial charge in [-0.25, -0.2) is 0 Å². The van der Waals surface area contributed by atoms with Crippen LogP contribution < -0.4 is 21.7 Å². The van der Waals surface area contributed by atoms with Crippen LogP contribution in [-0.4, -0.2) is 23.6 Å². The summed E-state index contributed by atoms with van der Waals surface area (Å²) in [5, 5.41) is 0. The molecule has 32 heavy (non-hydrogen) atoms. The van der Waals surface area contributed by atoms with E-state index in [-0.39, 0.29) is 35.5 Å². The van der Waals surface area contributed by atoms with Gasteiger partial charge in [0.15, 0.2) is 0 Å². The predicted molar refractivity (Wildman–Crippen MR) is 135 cm³/mol. The average molecular weight is 660 g/mol. The molecule has 3 rings (SSSR count). The fourth-order valence-corrected chi connectivity index (χ4v) is 4.75. The number of hydrogen-bond acceptors (Lipinski definition) is 4. The standard InChI is InChI=1S/C22H22I2N4O4/c23-17-7-3-1-5-15(17)21(31)27-25-19(29)13-9-11-14(12-10-13)20(30)26-28-22(32)16-6-2-4-8-18(16)24/h1-8,13-14H,9-12H2,(H,25,29)(H,26,30)(H,27,31)(H,28,32). The second kappa shape index (κ2) is 11.6. The summed E-state index contributed by atoms with van der Waals surface area (Å²) in [6.07, 6.45) is 2.08. The van der Waals surface area contributed by atoms with Crippen molar-refractivity contribution in [1.29, 1.82) is 0 Å². The van der Waals surface area contributed by atoms with E-state index in [1.54, 1.807) is 24.3 Å². The first-order valence-corrected chi connectivity index (χ1v) is 12.2. The maximum Gasteiger partial charge on any atom is 0.270 e. The molecule has 4 N–H and O–H groups in total. The Balaban J connectivity index is 1.41. The van der Waals surface area contributed by atoms with Gasteiger partial charge in [-0.3, -0.25) is 40.9 Å². The minimum Gasteiger partial charge on any atom is -0.273 e. The number of nitrogens with one attached hydrogen (secondary N) is 4. The van der Waals surface area contributed by atoms with Crippen LogP contribution in [0.15, 0.2) is 48.5 Å². The number of amides is 4. The number of hydrogen-bond donors (Lipinski definition) is 4. The summed E-state index contributed by atoms with van der Waals surface area (Å²) in [5.41, 5.74) is 10.9. The van der Waals surface area contributed by atoms with Crippen molar-refractivity contribution in [1.82, 2.24) is 21.7 Å². The van der Waals surface area contributed by atoms with Gasteiger partial charge in [0.25, 0.3) is 11.8 Å². The summed E-state index contributed by atoms with van der Waals surface area (Å²) in [4.78, 5) is 49.3. The lowest BCUT2D eigenvalue weighted by Gasteiger charge is -2.27. The number of benzene rings is 2. The molecule has 1 aliphatic rings. The fourth-order valence-electron chi connectivity index (χ4n) is 3.48. The molecule has 1 saturated carbocycles. The molecule has 0 unspecified atom stereocenters. The van der Waals surface area contributed by atoms with Gasteiger partial charge in [-0.1, -0.05) is 24.3 Å². The first-order valence-electron chi connectivity index (χ1n) is 10.1. The number of carbonyl (C=O) groups excluding carboxylic acids is 4. The van der Waals surface area contributed by atoms with Gasteiger partial charge in [-0.05, 0) is 95.1 Å². The summed E-state index contributed by atoms with van der Waals surface area (Å²) < 4.78 is 1.58. The van der Waals surface area contributed by atoms with Crippen molar-refractivity contribution in [3.05, 3.63) is 66.8 Å².